The molecule has 0 unspecified atom stereocenters. The molecule has 0 saturated carbocycles. The van der Waals surface area contributed by atoms with E-state index in [1.807, 2.05) is 12.3 Å². The van der Waals surface area contributed by atoms with E-state index in [1.165, 1.54) is 11.8 Å². The summed E-state index contributed by atoms with van der Waals surface area (Å²) in [5, 5.41) is 2.62. The van der Waals surface area contributed by atoms with E-state index in [1.54, 1.807) is 24.7 Å². The van der Waals surface area contributed by atoms with Gasteiger partial charge in [-0.05, 0) is 37.7 Å². The van der Waals surface area contributed by atoms with E-state index in [2.05, 4.69) is 32.1 Å². The molecule has 0 bridgehead atoms. The van der Waals surface area contributed by atoms with E-state index in [0.29, 0.717) is 9.23 Å². The molecule has 0 atom stereocenters. The van der Waals surface area contributed by atoms with Gasteiger partial charge in [-0.25, -0.2) is 4.98 Å². The largest absolute Gasteiger partial charge is 0.354 e. The van der Waals surface area contributed by atoms with Crippen LogP contribution in [-0.4, -0.2) is 63.3 Å². The Kier molecular flexibility index (Phi) is 5.65. The van der Waals surface area contributed by atoms with Gasteiger partial charge in [0.2, 0.25) is 0 Å². The minimum absolute atomic E-state index is 0.173. The molecule has 2 aromatic heterocycles. The second-order valence-corrected chi connectivity index (χ2v) is 8.48. The Morgan fingerprint density at radius 2 is 2.00 bits per heavy atom. The van der Waals surface area contributed by atoms with E-state index in [4.69, 9.17) is 17.2 Å². The van der Waals surface area contributed by atoms with Gasteiger partial charge in [-0.1, -0.05) is 24.0 Å². The van der Waals surface area contributed by atoms with Gasteiger partial charge in [0.05, 0.1) is 23.0 Å². The fourth-order valence-corrected chi connectivity index (χ4v) is 4.22. The van der Waals surface area contributed by atoms with Crippen molar-refractivity contribution >= 4 is 46.1 Å². The highest BCUT2D eigenvalue weighted by molar-refractivity contribution is 8.26. The van der Waals surface area contributed by atoms with Gasteiger partial charge in [0.1, 0.15) is 10.1 Å². The second kappa shape index (κ2) is 8.34. The maximum atomic E-state index is 11.9. The molecule has 4 heterocycles. The van der Waals surface area contributed by atoms with Gasteiger partial charge in [0.15, 0.2) is 0 Å². The molecule has 28 heavy (non-hydrogen) atoms. The fraction of sp³-hybridized carbons (Fsp3) is 0.316. The maximum Gasteiger partial charge on any atom is 0.263 e. The van der Waals surface area contributed by atoms with Crippen molar-refractivity contribution in [3.05, 3.63) is 41.3 Å². The summed E-state index contributed by atoms with van der Waals surface area (Å²) in [6, 6.07) is 1.96. The monoisotopic (exact) mass is 412 g/mol. The smallest absolute Gasteiger partial charge is 0.263 e. The van der Waals surface area contributed by atoms with Gasteiger partial charge in [0, 0.05) is 37.6 Å². The number of nitrogens with zero attached hydrogens (tertiary/aromatic N) is 5. The summed E-state index contributed by atoms with van der Waals surface area (Å²) in [6.07, 6.45) is 9.93. The van der Waals surface area contributed by atoms with E-state index in [0.717, 1.165) is 55.2 Å². The lowest BCUT2D eigenvalue weighted by atomic mass is 10.1. The lowest BCUT2D eigenvalue weighted by molar-refractivity contribution is -0.115. The van der Waals surface area contributed by atoms with Gasteiger partial charge in [-0.2, -0.15) is 0 Å². The number of thioether (sulfide) groups is 1. The number of thiocarbonyl (C=S) groups is 1. The summed E-state index contributed by atoms with van der Waals surface area (Å²) < 4.78 is 0.474. The number of carbonyl (C=O) groups excluding carboxylic acids is 1. The number of carbonyl (C=O) groups is 1. The molecule has 0 radical (unpaired) electrons. The third-order valence-electron chi connectivity index (χ3n) is 4.66. The first-order valence-corrected chi connectivity index (χ1v) is 10.3. The quantitative estimate of drug-likeness (QED) is 0.607. The minimum atomic E-state index is -0.173. The van der Waals surface area contributed by atoms with Crippen molar-refractivity contribution in [3.8, 4) is 11.3 Å². The predicted molar refractivity (Wildman–Crippen MR) is 116 cm³/mol. The van der Waals surface area contributed by atoms with Crippen LogP contribution in [0.1, 0.15) is 12.0 Å². The first-order valence-electron chi connectivity index (χ1n) is 9.04. The maximum absolute atomic E-state index is 11.9. The van der Waals surface area contributed by atoms with Crippen LogP contribution < -0.4 is 10.2 Å². The zero-order valence-corrected chi connectivity index (χ0v) is 17.1. The number of pyridine rings is 1. The van der Waals surface area contributed by atoms with Crippen LogP contribution in [0.2, 0.25) is 0 Å². The summed E-state index contributed by atoms with van der Waals surface area (Å²) in [5.74, 6) is 0.709. The normalized spacial score (nSPS) is 19.8. The SMILES string of the molecule is CN1CCCN(c2cncc(-c3cncc(C=C4SC(=S)NC4=O)c3)n2)CC1. The summed E-state index contributed by atoms with van der Waals surface area (Å²) in [4.78, 5) is 30.6. The summed E-state index contributed by atoms with van der Waals surface area (Å²) in [7, 11) is 2.15. The van der Waals surface area contributed by atoms with Crippen LogP contribution in [0.15, 0.2) is 35.8 Å². The molecule has 144 valence electrons. The van der Waals surface area contributed by atoms with Crippen LogP contribution in [-0.2, 0) is 4.79 Å². The Balaban J connectivity index is 1.59. The zero-order chi connectivity index (χ0) is 19.5. The molecule has 1 N–H and O–H groups in total. The van der Waals surface area contributed by atoms with Gasteiger partial charge in [0.25, 0.3) is 5.91 Å². The molecule has 0 aliphatic carbocycles. The average molecular weight is 413 g/mol. The highest BCUT2D eigenvalue weighted by Gasteiger charge is 2.22. The molecule has 2 aliphatic heterocycles. The molecule has 0 spiro atoms. The summed E-state index contributed by atoms with van der Waals surface area (Å²) in [5.41, 5.74) is 2.45. The molecule has 2 aromatic rings. The second-order valence-electron chi connectivity index (χ2n) is 6.77. The van der Waals surface area contributed by atoms with Gasteiger partial charge in [-0.15, -0.1) is 0 Å². The molecule has 7 nitrogen and oxygen atoms in total. The number of aromatic nitrogens is 3. The van der Waals surface area contributed by atoms with E-state index < -0.39 is 0 Å². The summed E-state index contributed by atoms with van der Waals surface area (Å²) >= 11 is 6.29. The molecule has 2 fully saturated rings. The number of hydrogen-bond acceptors (Lipinski definition) is 8. The topological polar surface area (TPSA) is 74.2 Å². The molecule has 2 saturated heterocycles. The Morgan fingerprint density at radius 3 is 2.82 bits per heavy atom. The van der Waals surface area contributed by atoms with Crippen LogP contribution in [0.4, 0.5) is 5.82 Å². The van der Waals surface area contributed by atoms with Crippen LogP contribution in [0.5, 0.6) is 0 Å². The highest BCUT2D eigenvalue weighted by atomic mass is 32.2. The first kappa shape index (κ1) is 19.0. The number of likely N-dealkylation sites (N-methyl/N-ethyl adjacent to an activating group) is 1. The molecule has 4 rings (SSSR count). The third kappa shape index (κ3) is 4.37. The average Bonchev–Trinajstić information content (AvgIpc) is 2.88. The summed E-state index contributed by atoms with van der Waals surface area (Å²) in [6.45, 7) is 4.02. The van der Waals surface area contributed by atoms with Crippen molar-refractivity contribution in [1.82, 2.24) is 25.2 Å². The number of rotatable bonds is 3. The lowest BCUT2D eigenvalue weighted by Gasteiger charge is -2.21. The van der Waals surface area contributed by atoms with E-state index in [-0.39, 0.29) is 5.91 Å². The Labute approximate surface area is 173 Å². The van der Waals surface area contributed by atoms with Crippen molar-refractivity contribution in [1.29, 1.82) is 0 Å². The zero-order valence-electron chi connectivity index (χ0n) is 15.5. The van der Waals surface area contributed by atoms with Gasteiger partial charge in [-0.3, -0.25) is 14.8 Å². The molecular formula is C19H20N6OS2. The fourth-order valence-electron chi connectivity index (χ4n) is 3.17. The predicted octanol–water partition coefficient (Wildman–Crippen LogP) is 2.17. The number of nitrogens with one attached hydrogen (secondary N) is 1. The molecule has 9 heteroatoms. The minimum Gasteiger partial charge on any atom is -0.354 e. The Hall–Kier alpha value is -2.36. The molecular weight excluding hydrogens is 392 g/mol. The van der Waals surface area contributed by atoms with Crippen molar-refractivity contribution in [2.24, 2.45) is 0 Å². The molecule has 1 amide bonds. The lowest BCUT2D eigenvalue weighted by Crippen LogP contribution is -2.29. The molecule has 2 aliphatic rings. The number of amides is 1. The van der Waals surface area contributed by atoms with Crippen molar-refractivity contribution in [2.75, 3.05) is 38.1 Å². The van der Waals surface area contributed by atoms with Crippen molar-refractivity contribution < 1.29 is 4.79 Å². The number of anilines is 1. The van der Waals surface area contributed by atoms with Crippen LogP contribution in [0.25, 0.3) is 17.3 Å². The van der Waals surface area contributed by atoms with Gasteiger partial charge < -0.3 is 15.1 Å². The van der Waals surface area contributed by atoms with Crippen LogP contribution >= 0.6 is 24.0 Å². The van der Waals surface area contributed by atoms with Crippen molar-refractivity contribution in [3.63, 3.8) is 0 Å². The van der Waals surface area contributed by atoms with E-state index >= 15 is 0 Å². The van der Waals surface area contributed by atoms with Crippen LogP contribution in [0, 0.1) is 0 Å². The van der Waals surface area contributed by atoms with Gasteiger partial charge >= 0.3 is 0 Å². The Bertz CT molecular complexity index is 948. The van der Waals surface area contributed by atoms with Crippen LogP contribution in [0.3, 0.4) is 0 Å². The molecule has 0 aromatic carbocycles. The first-order chi connectivity index (χ1) is 13.6. The number of hydrogen-bond donors (Lipinski definition) is 1. The van der Waals surface area contributed by atoms with Crippen molar-refractivity contribution in [2.45, 2.75) is 6.42 Å². The van der Waals surface area contributed by atoms with E-state index in [9.17, 15) is 4.79 Å². The standard InChI is InChI=1S/C19H20N6OS2/c1-24-3-2-4-25(6-5-24)17-12-21-11-15(22-17)14-7-13(9-20-10-14)8-16-18(26)23-19(27)28-16/h7-12H,2-6H2,1H3,(H,23,26,27). The third-order valence-corrected chi connectivity index (χ3v) is 5.82. The highest BCUT2D eigenvalue weighted by Crippen LogP contribution is 2.27. The Morgan fingerprint density at radius 1 is 1.14 bits per heavy atom.